The number of aromatic nitrogens is 4. The molecule has 2 aromatic carbocycles. The number of carbonyl (C=O) groups excluding carboxylic acids is 1. The van der Waals surface area contributed by atoms with E-state index in [1.54, 1.807) is 12.3 Å². The summed E-state index contributed by atoms with van der Waals surface area (Å²) in [6.45, 7) is 1.14. The van der Waals surface area contributed by atoms with Gasteiger partial charge in [-0.15, -0.1) is 0 Å². The predicted octanol–water partition coefficient (Wildman–Crippen LogP) is 2.00. The molecule has 0 spiro atoms. The van der Waals surface area contributed by atoms with Crippen LogP contribution >= 0.6 is 0 Å². The van der Waals surface area contributed by atoms with Crippen molar-refractivity contribution >= 4 is 16.9 Å². The Labute approximate surface area is 167 Å². The number of imidazole rings is 1. The Kier molecular flexibility index (Phi) is 5.47. The topological polar surface area (TPSA) is 81.8 Å². The van der Waals surface area contributed by atoms with Crippen molar-refractivity contribution in [1.82, 2.24) is 24.4 Å². The smallest absolute Gasteiger partial charge is 0.269 e. The van der Waals surface area contributed by atoms with Gasteiger partial charge in [0.2, 0.25) is 5.91 Å². The quantitative estimate of drug-likeness (QED) is 0.526. The molecule has 29 heavy (non-hydrogen) atoms. The van der Waals surface area contributed by atoms with E-state index in [9.17, 15) is 9.59 Å². The summed E-state index contributed by atoms with van der Waals surface area (Å²) in [5.74, 6) is 0.685. The molecular formula is C22H21N5O2. The average molecular weight is 387 g/mol. The van der Waals surface area contributed by atoms with Crippen molar-refractivity contribution in [2.75, 3.05) is 6.54 Å². The molecule has 0 aliphatic heterocycles. The van der Waals surface area contributed by atoms with E-state index in [2.05, 4.69) is 32.0 Å². The van der Waals surface area contributed by atoms with Crippen LogP contribution in [-0.4, -0.2) is 31.6 Å². The molecule has 1 amide bonds. The van der Waals surface area contributed by atoms with Crippen LogP contribution in [0.2, 0.25) is 0 Å². The minimum absolute atomic E-state index is 0.0413. The Hall–Kier alpha value is -3.74. The molecule has 0 atom stereocenters. The zero-order valence-corrected chi connectivity index (χ0v) is 15.9. The van der Waals surface area contributed by atoms with Gasteiger partial charge in [0.15, 0.2) is 0 Å². The molecule has 0 aliphatic carbocycles. The maximum Gasteiger partial charge on any atom is 0.269 e. The summed E-state index contributed by atoms with van der Waals surface area (Å²) < 4.78 is 3.51. The molecule has 0 aliphatic rings. The molecule has 0 saturated carbocycles. The zero-order valence-electron chi connectivity index (χ0n) is 15.9. The van der Waals surface area contributed by atoms with Crippen LogP contribution in [0.3, 0.4) is 0 Å². The Morgan fingerprint density at radius 3 is 2.66 bits per heavy atom. The molecule has 7 nitrogen and oxygen atoms in total. The van der Waals surface area contributed by atoms with Crippen molar-refractivity contribution < 1.29 is 4.79 Å². The first-order chi connectivity index (χ1) is 14.2. The number of rotatable bonds is 7. The summed E-state index contributed by atoms with van der Waals surface area (Å²) in [7, 11) is 0. The summed E-state index contributed by atoms with van der Waals surface area (Å²) >= 11 is 0. The number of fused-ring (bicyclic) bond motifs is 1. The van der Waals surface area contributed by atoms with Crippen molar-refractivity contribution in [3.8, 4) is 0 Å². The minimum Gasteiger partial charge on any atom is -0.354 e. The first-order valence-corrected chi connectivity index (χ1v) is 9.46. The van der Waals surface area contributed by atoms with E-state index >= 15 is 0 Å². The molecule has 0 fully saturated rings. The number of para-hydroxylation sites is 2. The molecular weight excluding hydrogens is 366 g/mol. The fraction of sp³-hybridized carbons (Fsp3) is 0.182. The van der Waals surface area contributed by atoms with Crippen molar-refractivity contribution in [1.29, 1.82) is 0 Å². The van der Waals surface area contributed by atoms with Gasteiger partial charge < -0.3 is 9.88 Å². The number of benzene rings is 2. The molecule has 7 heteroatoms. The number of nitrogens with one attached hydrogen (secondary N) is 1. The van der Waals surface area contributed by atoms with Crippen molar-refractivity contribution in [3.05, 3.63) is 94.9 Å². The lowest BCUT2D eigenvalue weighted by atomic mass is 10.2. The molecule has 1 N–H and O–H groups in total. The van der Waals surface area contributed by atoms with E-state index in [0.29, 0.717) is 24.0 Å². The standard InChI is InChI=1S/C22H21N5O2/c28-21(16-27-19-9-5-4-8-18(19)25-14-22(27)29)24-11-10-20-23-12-13-26(20)15-17-6-2-1-3-7-17/h1-9,12-14H,10-11,15-16H2,(H,24,28). The Balaban J connectivity index is 1.37. The fourth-order valence-electron chi connectivity index (χ4n) is 3.28. The number of carbonyl (C=O) groups is 1. The molecule has 2 aromatic heterocycles. The number of nitrogens with zero attached hydrogens (tertiary/aromatic N) is 4. The monoisotopic (exact) mass is 387 g/mol. The van der Waals surface area contributed by atoms with Gasteiger partial charge in [-0.3, -0.25) is 14.2 Å². The third kappa shape index (κ3) is 4.40. The summed E-state index contributed by atoms with van der Waals surface area (Å²) in [6, 6.07) is 17.4. The van der Waals surface area contributed by atoms with E-state index in [1.165, 1.54) is 16.3 Å². The summed E-state index contributed by atoms with van der Waals surface area (Å²) in [6.07, 6.45) is 5.56. The van der Waals surface area contributed by atoms with Crippen molar-refractivity contribution in [2.24, 2.45) is 0 Å². The number of hydrogen-bond acceptors (Lipinski definition) is 4. The van der Waals surface area contributed by atoms with Crippen LogP contribution in [0.1, 0.15) is 11.4 Å². The van der Waals surface area contributed by atoms with E-state index in [1.807, 2.05) is 42.6 Å². The second-order valence-corrected chi connectivity index (χ2v) is 6.73. The molecule has 4 aromatic rings. The van der Waals surface area contributed by atoms with Gasteiger partial charge in [0, 0.05) is 31.9 Å². The summed E-state index contributed by atoms with van der Waals surface area (Å²) in [4.78, 5) is 33.1. The molecule has 0 bridgehead atoms. The maximum atomic E-state index is 12.4. The van der Waals surface area contributed by atoms with Crippen LogP contribution in [0.15, 0.2) is 78.0 Å². The Bertz CT molecular complexity index is 1180. The largest absolute Gasteiger partial charge is 0.354 e. The summed E-state index contributed by atoms with van der Waals surface area (Å²) in [5, 5.41) is 2.88. The Morgan fingerprint density at radius 1 is 1.00 bits per heavy atom. The van der Waals surface area contributed by atoms with E-state index in [-0.39, 0.29) is 18.0 Å². The second kappa shape index (κ2) is 8.52. The zero-order chi connectivity index (χ0) is 20.1. The van der Waals surface area contributed by atoms with Crippen LogP contribution in [0.25, 0.3) is 11.0 Å². The molecule has 146 valence electrons. The van der Waals surface area contributed by atoms with Crippen molar-refractivity contribution in [2.45, 2.75) is 19.5 Å². The van der Waals surface area contributed by atoms with Gasteiger partial charge in [0.05, 0.1) is 17.2 Å². The number of amides is 1. The molecule has 2 heterocycles. The van der Waals surface area contributed by atoms with Gasteiger partial charge in [-0.25, -0.2) is 9.97 Å². The normalized spacial score (nSPS) is 10.9. The van der Waals surface area contributed by atoms with Gasteiger partial charge >= 0.3 is 0 Å². The first-order valence-electron chi connectivity index (χ1n) is 9.46. The van der Waals surface area contributed by atoms with Gasteiger partial charge in [-0.2, -0.15) is 0 Å². The lowest BCUT2D eigenvalue weighted by Gasteiger charge is -2.11. The highest BCUT2D eigenvalue weighted by Gasteiger charge is 2.09. The van der Waals surface area contributed by atoms with Crippen LogP contribution in [-0.2, 0) is 24.3 Å². The van der Waals surface area contributed by atoms with Crippen LogP contribution < -0.4 is 10.9 Å². The molecule has 4 rings (SSSR count). The second-order valence-electron chi connectivity index (χ2n) is 6.73. The number of hydrogen-bond donors (Lipinski definition) is 1. The van der Waals surface area contributed by atoms with Crippen LogP contribution in [0.5, 0.6) is 0 Å². The summed E-state index contributed by atoms with van der Waals surface area (Å²) in [5.41, 5.74) is 2.23. The minimum atomic E-state index is -0.294. The highest BCUT2D eigenvalue weighted by atomic mass is 16.2. The predicted molar refractivity (Wildman–Crippen MR) is 110 cm³/mol. The van der Waals surface area contributed by atoms with Crippen LogP contribution in [0.4, 0.5) is 0 Å². The highest BCUT2D eigenvalue weighted by molar-refractivity contribution is 5.79. The molecule has 0 radical (unpaired) electrons. The maximum absolute atomic E-state index is 12.4. The highest BCUT2D eigenvalue weighted by Crippen LogP contribution is 2.08. The van der Waals surface area contributed by atoms with Gasteiger partial charge in [0.25, 0.3) is 5.56 Å². The van der Waals surface area contributed by atoms with E-state index in [0.717, 1.165) is 12.4 Å². The van der Waals surface area contributed by atoms with Crippen LogP contribution in [0, 0.1) is 0 Å². The SMILES string of the molecule is O=C(Cn1c(=O)cnc2ccccc21)NCCc1nccn1Cc1ccccc1. The molecule has 0 unspecified atom stereocenters. The van der Waals surface area contributed by atoms with Gasteiger partial charge in [0.1, 0.15) is 12.4 Å². The average Bonchev–Trinajstić information content (AvgIpc) is 3.18. The fourth-order valence-corrected chi connectivity index (χ4v) is 3.28. The molecule has 0 saturated heterocycles. The third-order valence-electron chi connectivity index (χ3n) is 4.72. The lowest BCUT2D eigenvalue weighted by molar-refractivity contribution is -0.121. The van der Waals surface area contributed by atoms with Gasteiger partial charge in [-0.1, -0.05) is 42.5 Å². The third-order valence-corrected chi connectivity index (χ3v) is 4.72. The van der Waals surface area contributed by atoms with Crippen molar-refractivity contribution in [3.63, 3.8) is 0 Å². The first kappa shape index (κ1) is 18.6. The van der Waals surface area contributed by atoms with E-state index in [4.69, 9.17) is 0 Å². The Morgan fingerprint density at radius 2 is 1.79 bits per heavy atom. The van der Waals surface area contributed by atoms with E-state index < -0.39 is 0 Å². The lowest BCUT2D eigenvalue weighted by Crippen LogP contribution is -2.33. The van der Waals surface area contributed by atoms with Gasteiger partial charge in [-0.05, 0) is 17.7 Å².